The lowest BCUT2D eigenvalue weighted by Crippen LogP contribution is -2.22. The van der Waals surface area contributed by atoms with Gasteiger partial charge in [-0.25, -0.2) is 23.3 Å². The molecule has 2 heterocycles. The van der Waals surface area contributed by atoms with Gasteiger partial charge >= 0.3 is 6.03 Å². The number of nitrogens with one attached hydrogen (secondary N) is 3. The van der Waals surface area contributed by atoms with Crippen LogP contribution < -0.4 is 10.6 Å². The van der Waals surface area contributed by atoms with Crippen LogP contribution in [0.1, 0.15) is 41.7 Å². The third-order valence-corrected chi connectivity index (χ3v) is 10.1. The summed E-state index contributed by atoms with van der Waals surface area (Å²) in [5.74, 6) is 0.212. The van der Waals surface area contributed by atoms with Crippen molar-refractivity contribution in [3.8, 4) is 0 Å². The van der Waals surface area contributed by atoms with E-state index < -0.39 is 21.0 Å². The first-order valence-electron chi connectivity index (χ1n) is 11.8. The van der Waals surface area contributed by atoms with Gasteiger partial charge in [0.25, 0.3) is 15.0 Å². The number of carbonyl (C=O) groups is 2. The number of ketones is 1. The highest BCUT2D eigenvalue weighted by Crippen LogP contribution is 2.35. The predicted octanol–water partition coefficient (Wildman–Crippen LogP) is 4.80. The van der Waals surface area contributed by atoms with Crippen LogP contribution in [-0.4, -0.2) is 45.8 Å². The van der Waals surface area contributed by atoms with Crippen LogP contribution in [0, 0.1) is 5.92 Å². The topological polar surface area (TPSA) is 160 Å². The van der Waals surface area contributed by atoms with Crippen molar-refractivity contribution in [1.29, 1.82) is 0 Å². The van der Waals surface area contributed by atoms with Gasteiger partial charge in [-0.05, 0) is 47.5 Å². The SMILES string of the molecule is O=C(Nc1nc(CSc2ccccc2)c(S(=O)(=O)c2nnn[nH]2)s1)Nc1ccccc1C(=O)C1CCCC1. The number of urea groups is 1. The molecule has 1 aliphatic carbocycles. The number of anilines is 2. The van der Waals surface area contributed by atoms with E-state index >= 15 is 0 Å². The molecule has 1 aliphatic rings. The van der Waals surface area contributed by atoms with Gasteiger partial charge in [0.1, 0.15) is 0 Å². The quantitative estimate of drug-likeness (QED) is 0.190. The van der Waals surface area contributed by atoms with Crippen molar-refractivity contribution >= 4 is 55.6 Å². The third-order valence-electron chi connectivity index (χ3n) is 5.99. The molecular formula is C24H23N7O4S3. The lowest BCUT2D eigenvalue weighted by atomic mass is 9.95. The van der Waals surface area contributed by atoms with E-state index in [4.69, 9.17) is 0 Å². The zero-order valence-electron chi connectivity index (χ0n) is 20.0. The largest absolute Gasteiger partial charge is 0.325 e. The Hall–Kier alpha value is -3.62. The van der Waals surface area contributed by atoms with Crippen molar-refractivity contribution in [2.75, 3.05) is 10.6 Å². The lowest BCUT2D eigenvalue weighted by Gasteiger charge is -2.13. The second kappa shape index (κ2) is 11.4. The van der Waals surface area contributed by atoms with Gasteiger partial charge in [0.05, 0.1) is 11.4 Å². The van der Waals surface area contributed by atoms with Crippen molar-refractivity contribution in [1.82, 2.24) is 25.6 Å². The zero-order valence-corrected chi connectivity index (χ0v) is 22.4. The normalized spacial score (nSPS) is 13.9. The summed E-state index contributed by atoms with van der Waals surface area (Å²) < 4.78 is 26.3. The number of H-pyrrole nitrogens is 1. The fraction of sp³-hybridized carbons (Fsp3) is 0.250. The fourth-order valence-corrected chi connectivity index (χ4v) is 7.75. The molecule has 0 saturated heterocycles. The number of sulfone groups is 1. The molecule has 0 atom stereocenters. The van der Waals surface area contributed by atoms with E-state index in [0.29, 0.717) is 11.3 Å². The number of hydrogen-bond donors (Lipinski definition) is 3. The summed E-state index contributed by atoms with van der Waals surface area (Å²) in [7, 11) is -4.10. The minimum Gasteiger partial charge on any atom is -0.307 e. The summed E-state index contributed by atoms with van der Waals surface area (Å²) in [6, 6.07) is 15.7. The molecule has 5 rings (SSSR count). The first-order chi connectivity index (χ1) is 18.4. The summed E-state index contributed by atoms with van der Waals surface area (Å²) in [4.78, 5) is 31.2. The maximum absolute atomic E-state index is 13.2. The number of thiazole rings is 1. The monoisotopic (exact) mass is 569 g/mol. The molecule has 38 heavy (non-hydrogen) atoms. The first kappa shape index (κ1) is 26.0. The van der Waals surface area contributed by atoms with Gasteiger partial charge in [-0.3, -0.25) is 10.1 Å². The van der Waals surface area contributed by atoms with Crippen molar-refractivity contribution in [3.63, 3.8) is 0 Å². The highest BCUT2D eigenvalue weighted by molar-refractivity contribution is 7.98. The molecule has 0 aliphatic heterocycles. The fourth-order valence-electron chi connectivity index (χ4n) is 4.18. The van der Waals surface area contributed by atoms with Crippen LogP contribution in [0.4, 0.5) is 15.6 Å². The third kappa shape index (κ3) is 5.76. The molecule has 0 radical (unpaired) electrons. The number of aromatic amines is 1. The molecule has 4 aromatic rings. The average Bonchev–Trinajstić information content (AvgIpc) is 3.71. The van der Waals surface area contributed by atoms with E-state index in [1.807, 2.05) is 30.3 Å². The van der Waals surface area contributed by atoms with Crippen LogP contribution in [0.2, 0.25) is 0 Å². The number of aromatic nitrogens is 5. The minimum atomic E-state index is -4.10. The van der Waals surface area contributed by atoms with Crippen molar-refractivity contribution < 1.29 is 18.0 Å². The number of tetrazole rings is 1. The summed E-state index contributed by atoms with van der Waals surface area (Å²) in [5, 5.41) is 17.5. The Kier molecular flexibility index (Phi) is 7.81. The van der Waals surface area contributed by atoms with E-state index in [0.717, 1.165) is 41.9 Å². The Morgan fingerprint density at radius 2 is 1.76 bits per heavy atom. The average molecular weight is 570 g/mol. The van der Waals surface area contributed by atoms with Crippen LogP contribution in [0.5, 0.6) is 0 Å². The summed E-state index contributed by atoms with van der Waals surface area (Å²) in [5.41, 5.74) is 1.10. The van der Waals surface area contributed by atoms with E-state index in [1.165, 1.54) is 11.8 Å². The van der Waals surface area contributed by atoms with Crippen molar-refractivity contribution in [2.24, 2.45) is 5.92 Å². The molecule has 0 unspecified atom stereocenters. The summed E-state index contributed by atoms with van der Waals surface area (Å²) in [6.45, 7) is 0. The lowest BCUT2D eigenvalue weighted by molar-refractivity contribution is 0.0923. The first-order valence-corrected chi connectivity index (χ1v) is 15.1. The molecule has 3 N–H and O–H groups in total. The Morgan fingerprint density at radius 3 is 2.50 bits per heavy atom. The highest BCUT2D eigenvalue weighted by Gasteiger charge is 2.30. The molecule has 2 aromatic heterocycles. The molecular weight excluding hydrogens is 547 g/mol. The zero-order chi connectivity index (χ0) is 26.5. The number of rotatable bonds is 9. The van der Waals surface area contributed by atoms with E-state index in [9.17, 15) is 18.0 Å². The molecule has 0 spiro atoms. The molecule has 0 bridgehead atoms. The molecule has 196 valence electrons. The molecule has 1 fully saturated rings. The van der Waals surface area contributed by atoms with Gasteiger partial charge in [-0.15, -0.1) is 11.8 Å². The van der Waals surface area contributed by atoms with Crippen LogP contribution in [0.3, 0.4) is 0 Å². The van der Waals surface area contributed by atoms with Crippen molar-refractivity contribution in [3.05, 3.63) is 65.9 Å². The summed E-state index contributed by atoms with van der Waals surface area (Å²) >= 11 is 2.21. The molecule has 1 saturated carbocycles. The molecule has 11 nitrogen and oxygen atoms in total. The van der Waals surface area contributed by atoms with Gasteiger partial charge in [-0.1, -0.05) is 59.6 Å². The number of Topliss-reactive ketones (excluding diaryl/α,β-unsaturated/α-hetero) is 1. The summed E-state index contributed by atoms with van der Waals surface area (Å²) in [6.07, 6.45) is 3.74. The smallest absolute Gasteiger partial charge is 0.307 e. The van der Waals surface area contributed by atoms with Gasteiger partial charge < -0.3 is 5.32 Å². The van der Waals surface area contributed by atoms with E-state index in [-0.39, 0.29) is 32.5 Å². The van der Waals surface area contributed by atoms with Crippen LogP contribution >= 0.6 is 23.1 Å². The Morgan fingerprint density at radius 1 is 1.03 bits per heavy atom. The van der Waals surface area contributed by atoms with Gasteiger partial charge in [-0.2, -0.15) is 0 Å². The Bertz CT molecular complexity index is 1530. The van der Waals surface area contributed by atoms with E-state index in [2.05, 4.69) is 36.2 Å². The molecule has 2 aromatic carbocycles. The number of carbonyl (C=O) groups excluding carboxylic acids is 2. The predicted molar refractivity (Wildman–Crippen MR) is 143 cm³/mol. The standard InChI is InChI=1S/C24H23N7O4S3/c32-20(15-8-4-5-9-15)17-12-6-7-13-18(17)25-22(33)27-23-26-19(14-36-16-10-2-1-3-11-16)21(37-23)38(34,35)24-28-30-31-29-24/h1-3,6-7,10-13,15H,4-5,8-9,14H2,(H2,25,26,27,33)(H,28,29,30,31). The Labute approximate surface area is 226 Å². The van der Waals surface area contributed by atoms with Crippen LogP contribution in [0.15, 0.2) is 68.9 Å². The van der Waals surface area contributed by atoms with Crippen molar-refractivity contribution in [2.45, 2.75) is 45.7 Å². The second-order valence-electron chi connectivity index (χ2n) is 8.54. The second-order valence-corrected chi connectivity index (χ2v) is 12.6. The highest BCUT2D eigenvalue weighted by atomic mass is 32.2. The Balaban J connectivity index is 1.37. The van der Waals surface area contributed by atoms with Gasteiger partial charge in [0, 0.05) is 22.1 Å². The maximum Gasteiger partial charge on any atom is 0.325 e. The molecule has 14 heteroatoms. The van der Waals surface area contributed by atoms with Crippen LogP contribution in [-0.2, 0) is 15.6 Å². The maximum atomic E-state index is 13.2. The van der Waals surface area contributed by atoms with E-state index in [1.54, 1.807) is 24.3 Å². The van der Waals surface area contributed by atoms with Gasteiger partial charge in [0.15, 0.2) is 15.1 Å². The number of thioether (sulfide) groups is 1. The number of benzene rings is 2. The number of nitrogens with zero attached hydrogens (tertiary/aromatic N) is 4. The van der Waals surface area contributed by atoms with Crippen LogP contribution in [0.25, 0.3) is 0 Å². The minimum absolute atomic E-state index is 0.0157. The molecule has 2 amide bonds. The van der Waals surface area contributed by atoms with Gasteiger partial charge in [0.2, 0.25) is 0 Å². The number of hydrogen-bond acceptors (Lipinski definition) is 10. The number of para-hydroxylation sites is 1. The number of amides is 2.